The minimum atomic E-state index is -0.421. The minimum Gasteiger partial charge on any atom is -0.366 e. The van der Waals surface area contributed by atoms with Crippen LogP contribution in [0.1, 0.15) is 34.8 Å². The van der Waals surface area contributed by atoms with E-state index in [1.165, 1.54) is 0 Å². The van der Waals surface area contributed by atoms with Crippen LogP contribution in [0.3, 0.4) is 0 Å². The average Bonchev–Trinajstić information content (AvgIpc) is 3.02. The molecule has 1 saturated heterocycles. The Kier molecular flexibility index (Phi) is 3.37. The molecule has 104 valence electrons. The fourth-order valence-electron chi connectivity index (χ4n) is 2.68. The van der Waals surface area contributed by atoms with Crippen LogP contribution in [0.2, 0.25) is 0 Å². The smallest absolute Gasteiger partial charge is 0.248 e. The summed E-state index contributed by atoms with van der Waals surface area (Å²) in [4.78, 5) is 17.8. The Labute approximate surface area is 117 Å². The van der Waals surface area contributed by atoms with E-state index in [9.17, 15) is 4.79 Å². The number of amides is 1. The fourth-order valence-corrected chi connectivity index (χ4v) is 2.68. The number of pyridine rings is 1. The fraction of sp³-hybridized carbons (Fsp3) is 0.357. The van der Waals surface area contributed by atoms with Crippen molar-refractivity contribution < 1.29 is 4.79 Å². The van der Waals surface area contributed by atoms with Gasteiger partial charge in [0.2, 0.25) is 5.91 Å². The number of hydrogen-bond acceptors (Lipinski definition) is 4. The van der Waals surface area contributed by atoms with E-state index >= 15 is 0 Å². The van der Waals surface area contributed by atoms with Crippen LogP contribution in [0, 0.1) is 0 Å². The number of anilines is 1. The van der Waals surface area contributed by atoms with Crippen molar-refractivity contribution in [3.05, 3.63) is 41.9 Å². The van der Waals surface area contributed by atoms with Crippen LogP contribution in [0.15, 0.2) is 30.6 Å². The molecule has 2 aromatic heterocycles. The first kappa shape index (κ1) is 12.7. The molecule has 1 aliphatic heterocycles. The maximum Gasteiger partial charge on any atom is 0.248 e. The van der Waals surface area contributed by atoms with Crippen LogP contribution in [0.4, 0.5) is 5.82 Å². The van der Waals surface area contributed by atoms with Gasteiger partial charge in [0.05, 0.1) is 0 Å². The summed E-state index contributed by atoms with van der Waals surface area (Å²) in [5, 5.41) is 7.05. The number of nitrogens with zero attached hydrogens (tertiary/aromatic N) is 3. The lowest BCUT2D eigenvalue weighted by Crippen LogP contribution is -2.35. The van der Waals surface area contributed by atoms with Gasteiger partial charge in [0, 0.05) is 42.7 Å². The average molecular weight is 271 g/mol. The molecule has 1 aliphatic rings. The molecule has 3 rings (SSSR count). The van der Waals surface area contributed by atoms with Crippen LogP contribution in [0.25, 0.3) is 0 Å². The summed E-state index contributed by atoms with van der Waals surface area (Å²) in [5.74, 6) is 0.812. The zero-order valence-corrected chi connectivity index (χ0v) is 11.1. The third kappa shape index (κ3) is 2.49. The van der Waals surface area contributed by atoms with E-state index < -0.39 is 5.91 Å². The molecule has 0 bridgehead atoms. The Morgan fingerprint density at radius 2 is 2.30 bits per heavy atom. The molecule has 0 spiro atoms. The molecule has 2 aromatic rings. The van der Waals surface area contributed by atoms with Crippen molar-refractivity contribution in [3.8, 4) is 0 Å². The molecular formula is C14H17N5O. The normalized spacial score (nSPS) is 19.0. The van der Waals surface area contributed by atoms with Crippen LogP contribution >= 0.6 is 0 Å². The number of carbonyl (C=O) groups is 1. The van der Waals surface area contributed by atoms with Gasteiger partial charge in [-0.3, -0.25) is 9.89 Å². The van der Waals surface area contributed by atoms with Gasteiger partial charge in [-0.2, -0.15) is 5.10 Å². The molecule has 6 nitrogen and oxygen atoms in total. The molecule has 1 amide bonds. The van der Waals surface area contributed by atoms with Gasteiger partial charge in [0.15, 0.2) is 0 Å². The van der Waals surface area contributed by atoms with Crippen molar-refractivity contribution >= 4 is 11.7 Å². The second-order valence-corrected chi connectivity index (χ2v) is 5.06. The molecule has 0 radical (unpaired) electrons. The van der Waals surface area contributed by atoms with Crippen LogP contribution < -0.4 is 10.6 Å². The van der Waals surface area contributed by atoms with E-state index in [1.54, 1.807) is 24.5 Å². The maximum atomic E-state index is 11.2. The van der Waals surface area contributed by atoms with Crippen molar-refractivity contribution in [1.29, 1.82) is 0 Å². The largest absolute Gasteiger partial charge is 0.366 e. The number of nitrogens with two attached hydrogens (primary N) is 1. The summed E-state index contributed by atoms with van der Waals surface area (Å²) in [5.41, 5.74) is 6.97. The molecule has 0 aromatic carbocycles. The van der Waals surface area contributed by atoms with Gasteiger partial charge in [0.25, 0.3) is 0 Å². The molecule has 0 unspecified atom stereocenters. The number of H-pyrrole nitrogens is 1. The van der Waals surface area contributed by atoms with Crippen molar-refractivity contribution in [2.24, 2.45) is 5.73 Å². The van der Waals surface area contributed by atoms with E-state index in [2.05, 4.69) is 20.1 Å². The molecule has 3 heterocycles. The van der Waals surface area contributed by atoms with Gasteiger partial charge in [-0.05, 0) is 31.0 Å². The summed E-state index contributed by atoms with van der Waals surface area (Å²) in [6.45, 7) is 1.82. The number of aromatic nitrogens is 3. The molecule has 1 fully saturated rings. The van der Waals surface area contributed by atoms with Gasteiger partial charge in [-0.1, -0.05) is 0 Å². The highest BCUT2D eigenvalue weighted by Crippen LogP contribution is 2.28. The standard InChI is InChI=1S/C14H17N5O/c15-14(20)10-3-5-16-13(8-10)19-7-1-2-11(9-19)12-4-6-17-18-12/h3-6,8,11H,1-2,7,9H2,(H2,15,20)(H,17,18)/t11-/m1/s1. The van der Waals surface area contributed by atoms with E-state index in [0.717, 1.165) is 37.4 Å². The van der Waals surface area contributed by atoms with Crippen molar-refractivity contribution in [2.75, 3.05) is 18.0 Å². The number of piperidine rings is 1. The molecular weight excluding hydrogens is 254 g/mol. The third-order valence-corrected chi connectivity index (χ3v) is 3.74. The van der Waals surface area contributed by atoms with Gasteiger partial charge in [-0.15, -0.1) is 0 Å². The van der Waals surface area contributed by atoms with E-state index in [-0.39, 0.29) is 0 Å². The Balaban J connectivity index is 1.80. The van der Waals surface area contributed by atoms with Crippen LogP contribution in [0.5, 0.6) is 0 Å². The predicted octanol–water partition coefficient (Wildman–Crippen LogP) is 1.29. The second kappa shape index (κ2) is 5.32. The first-order valence-electron chi connectivity index (χ1n) is 6.74. The summed E-state index contributed by atoms with van der Waals surface area (Å²) in [7, 11) is 0. The van der Waals surface area contributed by atoms with Crippen LogP contribution in [-0.2, 0) is 0 Å². The zero-order valence-electron chi connectivity index (χ0n) is 11.1. The van der Waals surface area contributed by atoms with Gasteiger partial charge < -0.3 is 10.6 Å². The van der Waals surface area contributed by atoms with Crippen molar-refractivity contribution in [1.82, 2.24) is 15.2 Å². The summed E-state index contributed by atoms with van der Waals surface area (Å²) in [6.07, 6.45) is 5.63. The van der Waals surface area contributed by atoms with E-state index in [0.29, 0.717) is 11.5 Å². The lowest BCUT2D eigenvalue weighted by molar-refractivity contribution is 0.1000. The highest BCUT2D eigenvalue weighted by atomic mass is 16.1. The van der Waals surface area contributed by atoms with Gasteiger partial charge >= 0.3 is 0 Å². The molecule has 0 saturated carbocycles. The summed E-state index contributed by atoms with van der Waals surface area (Å²) >= 11 is 0. The molecule has 0 aliphatic carbocycles. The van der Waals surface area contributed by atoms with Gasteiger partial charge in [-0.25, -0.2) is 4.98 Å². The lowest BCUT2D eigenvalue weighted by Gasteiger charge is -2.33. The molecule has 3 N–H and O–H groups in total. The third-order valence-electron chi connectivity index (χ3n) is 3.74. The quantitative estimate of drug-likeness (QED) is 0.880. The van der Waals surface area contributed by atoms with E-state index in [4.69, 9.17) is 5.73 Å². The topological polar surface area (TPSA) is 87.9 Å². The Bertz CT molecular complexity index is 595. The first-order valence-corrected chi connectivity index (χ1v) is 6.74. The number of primary amides is 1. The molecule has 20 heavy (non-hydrogen) atoms. The zero-order chi connectivity index (χ0) is 13.9. The van der Waals surface area contributed by atoms with E-state index in [1.807, 2.05) is 6.07 Å². The number of nitrogens with one attached hydrogen (secondary N) is 1. The SMILES string of the molecule is NC(=O)c1ccnc(N2CCC[C@@H](c3ccn[nH]3)C2)c1. The number of rotatable bonds is 3. The number of hydrogen-bond donors (Lipinski definition) is 2. The Hall–Kier alpha value is -2.37. The molecule has 6 heteroatoms. The summed E-state index contributed by atoms with van der Waals surface area (Å²) < 4.78 is 0. The highest BCUT2D eigenvalue weighted by molar-refractivity contribution is 5.93. The van der Waals surface area contributed by atoms with Gasteiger partial charge in [0.1, 0.15) is 5.82 Å². The highest BCUT2D eigenvalue weighted by Gasteiger charge is 2.23. The summed E-state index contributed by atoms with van der Waals surface area (Å²) in [6, 6.07) is 5.42. The first-order chi connectivity index (χ1) is 9.74. The minimum absolute atomic E-state index is 0.421. The number of carbonyl (C=O) groups excluding carboxylic acids is 1. The van der Waals surface area contributed by atoms with Crippen molar-refractivity contribution in [3.63, 3.8) is 0 Å². The number of aromatic amines is 1. The Morgan fingerprint density at radius 3 is 3.05 bits per heavy atom. The predicted molar refractivity (Wildman–Crippen MR) is 75.5 cm³/mol. The monoisotopic (exact) mass is 271 g/mol. The Morgan fingerprint density at radius 1 is 1.40 bits per heavy atom. The van der Waals surface area contributed by atoms with Crippen LogP contribution in [-0.4, -0.2) is 34.2 Å². The molecule has 1 atom stereocenters. The lowest BCUT2D eigenvalue weighted by atomic mass is 9.95. The maximum absolute atomic E-state index is 11.2. The van der Waals surface area contributed by atoms with Crippen molar-refractivity contribution in [2.45, 2.75) is 18.8 Å². The second-order valence-electron chi connectivity index (χ2n) is 5.06.